The number of hydrogen-bond acceptors (Lipinski definition) is 3. The maximum atomic E-state index is 12.7. The molecule has 0 saturated carbocycles. The quantitative estimate of drug-likeness (QED) is 0.492. The van der Waals surface area contributed by atoms with Crippen LogP contribution in [-0.2, 0) is 17.8 Å². The van der Waals surface area contributed by atoms with E-state index in [-0.39, 0.29) is 5.91 Å². The monoisotopic (exact) mass is 384 g/mol. The van der Waals surface area contributed by atoms with Crippen LogP contribution in [0.2, 0.25) is 0 Å². The van der Waals surface area contributed by atoms with Crippen LogP contribution in [0, 0.1) is 6.92 Å². The summed E-state index contributed by atoms with van der Waals surface area (Å²) < 4.78 is 2.21. The van der Waals surface area contributed by atoms with Crippen molar-refractivity contribution in [3.8, 4) is 11.3 Å². The number of imidazole rings is 1. The molecule has 1 amide bonds. The summed E-state index contributed by atoms with van der Waals surface area (Å²) >= 11 is 0. The second-order valence-electron chi connectivity index (χ2n) is 7.26. The minimum atomic E-state index is -0.279. The minimum Gasteiger partial charge on any atom is -0.334 e. The molecule has 3 aromatic rings. The second kappa shape index (κ2) is 8.27. The number of nitrogens with one attached hydrogen (secondary N) is 1. The molecular formula is C24H24N4O. The molecule has 146 valence electrons. The first kappa shape index (κ1) is 18.9. The molecule has 0 unspecified atom stereocenters. The molecule has 0 spiro atoms. The number of aromatic nitrogens is 2. The van der Waals surface area contributed by atoms with Gasteiger partial charge in [-0.1, -0.05) is 43.0 Å². The molecule has 5 nitrogen and oxygen atoms in total. The van der Waals surface area contributed by atoms with E-state index in [0.29, 0.717) is 5.57 Å². The van der Waals surface area contributed by atoms with E-state index in [2.05, 4.69) is 27.7 Å². The van der Waals surface area contributed by atoms with Crippen molar-refractivity contribution >= 4 is 23.5 Å². The van der Waals surface area contributed by atoms with E-state index < -0.39 is 0 Å². The molecule has 1 aliphatic rings. The summed E-state index contributed by atoms with van der Waals surface area (Å²) in [6.45, 7) is 6.86. The molecule has 0 radical (unpaired) electrons. The molecule has 5 heteroatoms. The lowest BCUT2D eigenvalue weighted by molar-refractivity contribution is -0.112. The van der Waals surface area contributed by atoms with Crippen LogP contribution in [0.15, 0.2) is 71.9 Å². The van der Waals surface area contributed by atoms with Gasteiger partial charge >= 0.3 is 0 Å². The van der Waals surface area contributed by atoms with Gasteiger partial charge in [0.05, 0.1) is 22.6 Å². The Kier molecular flexibility index (Phi) is 5.38. The average Bonchev–Trinajstić information content (AvgIpc) is 3.17. The van der Waals surface area contributed by atoms with Gasteiger partial charge in [-0.05, 0) is 37.5 Å². The third-order valence-electron chi connectivity index (χ3n) is 5.13. The maximum Gasteiger partial charge on any atom is 0.256 e. The summed E-state index contributed by atoms with van der Waals surface area (Å²) in [5.41, 5.74) is 4.69. The fourth-order valence-electron chi connectivity index (χ4n) is 3.47. The number of fused-ring (bicyclic) bond motifs is 1. The summed E-state index contributed by atoms with van der Waals surface area (Å²) in [5, 5.41) is 2.96. The highest BCUT2D eigenvalue weighted by Crippen LogP contribution is 2.29. The smallest absolute Gasteiger partial charge is 0.256 e. The highest BCUT2D eigenvalue weighted by atomic mass is 16.1. The van der Waals surface area contributed by atoms with Crippen molar-refractivity contribution in [2.24, 2.45) is 4.99 Å². The largest absolute Gasteiger partial charge is 0.334 e. The number of amides is 1. The molecule has 2 aromatic carbocycles. The summed E-state index contributed by atoms with van der Waals surface area (Å²) in [5.74, 6) is 0.834. The lowest BCUT2D eigenvalue weighted by Gasteiger charge is -2.11. The fourth-order valence-corrected chi connectivity index (χ4v) is 3.47. The van der Waals surface area contributed by atoms with E-state index in [9.17, 15) is 4.79 Å². The molecule has 0 saturated heterocycles. The van der Waals surface area contributed by atoms with Gasteiger partial charge in [0.2, 0.25) is 0 Å². The Labute approximate surface area is 170 Å². The Hall–Kier alpha value is -3.47. The first-order valence-corrected chi connectivity index (χ1v) is 9.87. The van der Waals surface area contributed by atoms with Crippen LogP contribution in [0.4, 0.5) is 11.4 Å². The van der Waals surface area contributed by atoms with E-state index in [1.165, 1.54) is 19.1 Å². The average molecular weight is 384 g/mol. The Bertz CT molecular complexity index is 1070. The van der Waals surface area contributed by atoms with Gasteiger partial charge in [0.15, 0.2) is 0 Å². The van der Waals surface area contributed by atoms with Gasteiger partial charge in [0.25, 0.3) is 5.91 Å². The van der Waals surface area contributed by atoms with Crippen LogP contribution < -0.4 is 5.32 Å². The van der Waals surface area contributed by atoms with Crippen LogP contribution >= 0.6 is 0 Å². The zero-order valence-corrected chi connectivity index (χ0v) is 16.6. The normalized spacial score (nSPS) is 13.3. The van der Waals surface area contributed by atoms with Gasteiger partial charge in [0.1, 0.15) is 5.82 Å². The highest BCUT2D eigenvalue weighted by molar-refractivity contribution is 6.18. The molecule has 2 heterocycles. The number of hydrogen-bond donors (Lipinski definition) is 1. The third-order valence-corrected chi connectivity index (χ3v) is 5.13. The third kappa shape index (κ3) is 4.19. The molecule has 1 N–H and O–H groups in total. The molecule has 0 bridgehead atoms. The molecule has 1 aliphatic heterocycles. The molecule has 0 aliphatic carbocycles. The first-order valence-electron chi connectivity index (χ1n) is 9.87. The summed E-state index contributed by atoms with van der Waals surface area (Å²) in [6.07, 6.45) is 6.94. The van der Waals surface area contributed by atoms with Crippen molar-refractivity contribution in [2.45, 2.75) is 32.7 Å². The number of rotatable bonds is 5. The zero-order chi connectivity index (χ0) is 20.2. The summed E-state index contributed by atoms with van der Waals surface area (Å²) in [4.78, 5) is 21.8. The van der Waals surface area contributed by atoms with Gasteiger partial charge < -0.3 is 9.88 Å². The van der Waals surface area contributed by atoms with Gasteiger partial charge in [-0.15, -0.1) is 0 Å². The van der Waals surface area contributed by atoms with E-state index in [1.807, 2.05) is 55.5 Å². The van der Waals surface area contributed by atoms with Crippen LogP contribution in [0.5, 0.6) is 0 Å². The van der Waals surface area contributed by atoms with Crippen LogP contribution in [0.3, 0.4) is 0 Å². The minimum absolute atomic E-state index is 0.279. The van der Waals surface area contributed by atoms with Crippen LogP contribution in [0.25, 0.3) is 11.3 Å². The van der Waals surface area contributed by atoms with Crippen molar-refractivity contribution < 1.29 is 4.79 Å². The zero-order valence-electron chi connectivity index (χ0n) is 16.6. The molecular weight excluding hydrogens is 360 g/mol. The number of nitrogens with zero attached hydrogens (tertiary/aromatic N) is 3. The topological polar surface area (TPSA) is 59.3 Å². The van der Waals surface area contributed by atoms with Crippen molar-refractivity contribution in [3.05, 3.63) is 78.3 Å². The fraction of sp³-hybridized carbons (Fsp3) is 0.208. The Balaban J connectivity index is 1.52. The SMILES string of the molecule is C=C(C=Nc1ccccc1C)C(=O)Nc1ccccc1-c1cn2c(n1)CCCC2. The van der Waals surface area contributed by atoms with Crippen molar-refractivity contribution in [1.82, 2.24) is 9.55 Å². The highest BCUT2D eigenvalue weighted by Gasteiger charge is 2.16. The predicted octanol–water partition coefficient (Wildman–Crippen LogP) is 5.09. The maximum absolute atomic E-state index is 12.7. The number of carbonyl (C=O) groups is 1. The molecule has 0 fully saturated rings. The number of aryl methyl sites for hydroxylation is 3. The molecule has 1 aromatic heterocycles. The lowest BCUT2D eigenvalue weighted by Crippen LogP contribution is -2.15. The molecule has 0 atom stereocenters. The Morgan fingerprint density at radius 1 is 1.17 bits per heavy atom. The number of para-hydroxylation sites is 2. The number of anilines is 1. The number of carbonyl (C=O) groups excluding carboxylic acids is 1. The summed E-state index contributed by atoms with van der Waals surface area (Å²) in [7, 11) is 0. The summed E-state index contributed by atoms with van der Waals surface area (Å²) in [6, 6.07) is 15.5. The van der Waals surface area contributed by atoms with Gasteiger partial charge in [0, 0.05) is 30.9 Å². The van der Waals surface area contributed by atoms with E-state index in [0.717, 1.165) is 47.0 Å². The Morgan fingerprint density at radius 3 is 2.79 bits per heavy atom. The van der Waals surface area contributed by atoms with Crippen LogP contribution in [0.1, 0.15) is 24.2 Å². The van der Waals surface area contributed by atoms with E-state index >= 15 is 0 Å². The molecule has 4 rings (SSSR count). The standard InChI is InChI=1S/C24H24N4O/c1-17-9-3-5-11-20(17)25-15-18(2)24(29)27-21-12-6-4-10-19(21)22-16-28-14-8-7-13-23(28)26-22/h3-6,9-12,15-16H,2,7-8,13-14H2,1H3,(H,27,29). The molecule has 29 heavy (non-hydrogen) atoms. The van der Waals surface area contributed by atoms with Gasteiger partial charge in [-0.2, -0.15) is 0 Å². The van der Waals surface area contributed by atoms with E-state index in [4.69, 9.17) is 4.98 Å². The van der Waals surface area contributed by atoms with E-state index in [1.54, 1.807) is 0 Å². The van der Waals surface area contributed by atoms with Crippen molar-refractivity contribution in [1.29, 1.82) is 0 Å². The van der Waals surface area contributed by atoms with Crippen molar-refractivity contribution in [2.75, 3.05) is 5.32 Å². The van der Waals surface area contributed by atoms with Crippen molar-refractivity contribution in [3.63, 3.8) is 0 Å². The number of aliphatic imine (C=N–C) groups is 1. The first-order chi connectivity index (χ1) is 14.1. The second-order valence-corrected chi connectivity index (χ2v) is 7.26. The lowest BCUT2D eigenvalue weighted by atomic mass is 10.1. The Morgan fingerprint density at radius 2 is 1.97 bits per heavy atom. The van der Waals surface area contributed by atoms with Gasteiger partial charge in [-0.3, -0.25) is 9.79 Å². The van der Waals surface area contributed by atoms with Gasteiger partial charge in [-0.25, -0.2) is 4.98 Å². The van der Waals surface area contributed by atoms with Crippen LogP contribution in [-0.4, -0.2) is 21.7 Å². The predicted molar refractivity (Wildman–Crippen MR) is 118 cm³/mol. The number of benzene rings is 2.